The van der Waals surface area contributed by atoms with Crippen LogP contribution in [0, 0.1) is 0 Å². The number of nitrogens with one attached hydrogen (secondary N) is 2. The predicted octanol–water partition coefficient (Wildman–Crippen LogP) is 1.81. The molecule has 0 aliphatic heterocycles. The van der Waals surface area contributed by atoms with Crippen LogP contribution in [0.2, 0.25) is 0 Å². The largest absolute Gasteiger partial charge is 0.352 e. The van der Waals surface area contributed by atoms with E-state index in [4.69, 9.17) is 0 Å². The van der Waals surface area contributed by atoms with Gasteiger partial charge in [-0.15, -0.1) is 0 Å². The summed E-state index contributed by atoms with van der Waals surface area (Å²) in [6.07, 6.45) is 8.14. The Morgan fingerprint density at radius 3 is 3.06 bits per heavy atom. The van der Waals surface area contributed by atoms with Gasteiger partial charge in [0.2, 0.25) is 5.91 Å². The summed E-state index contributed by atoms with van der Waals surface area (Å²) in [6.45, 7) is 4.55. The molecule has 2 N–H and O–H groups in total. The van der Waals surface area contributed by atoms with E-state index < -0.39 is 0 Å². The van der Waals surface area contributed by atoms with Crippen molar-refractivity contribution >= 4 is 5.91 Å². The molecule has 88 valence electrons. The standard InChI is InChI=1S/C12H19N3O/c1-3-5-10(2)12(16)15-7-4-6-11-13-8-9-14-11/h5,8-9H,3-4,6-7H2,1-2H3,(H,13,14)(H,15,16)/b10-5-. The highest BCUT2D eigenvalue weighted by Gasteiger charge is 2.02. The van der Waals surface area contributed by atoms with Crippen LogP contribution in [0.5, 0.6) is 0 Å². The molecule has 0 spiro atoms. The fourth-order valence-electron chi connectivity index (χ4n) is 1.43. The van der Waals surface area contributed by atoms with Crippen molar-refractivity contribution in [2.24, 2.45) is 0 Å². The van der Waals surface area contributed by atoms with Crippen LogP contribution in [0.25, 0.3) is 0 Å². The van der Waals surface area contributed by atoms with Crippen LogP contribution < -0.4 is 5.32 Å². The van der Waals surface area contributed by atoms with E-state index in [9.17, 15) is 4.79 Å². The Morgan fingerprint density at radius 2 is 2.44 bits per heavy atom. The normalized spacial score (nSPS) is 11.5. The van der Waals surface area contributed by atoms with Crippen molar-refractivity contribution < 1.29 is 4.79 Å². The molecule has 1 heterocycles. The maximum Gasteiger partial charge on any atom is 0.246 e. The van der Waals surface area contributed by atoms with Crippen LogP contribution >= 0.6 is 0 Å². The maximum absolute atomic E-state index is 11.5. The number of H-pyrrole nitrogens is 1. The topological polar surface area (TPSA) is 57.8 Å². The minimum Gasteiger partial charge on any atom is -0.352 e. The van der Waals surface area contributed by atoms with Gasteiger partial charge in [0.25, 0.3) is 0 Å². The minimum atomic E-state index is 0.0290. The van der Waals surface area contributed by atoms with Crippen LogP contribution in [-0.2, 0) is 11.2 Å². The average molecular weight is 221 g/mol. The molecule has 0 saturated heterocycles. The zero-order valence-electron chi connectivity index (χ0n) is 9.92. The molecule has 1 aromatic rings. The number of carbonyl (C=O) groups is 1. The van der Waals surface area contributed by atoms with E-state index in [1.54, 1.807) is 6.20 Å². The number of aromatic amines is 1. The van der Waals surface area contributed by atoms with E-state index in [-0.39, 0.29) is 5.91 Å². The number of aryl methyl sites for hydroxylation is 1. The first-order chi connectivity index (χ1) is 7.74. The summed E-state index contributed by atoms with van der Waals surface area (Å²) in [4.78, 5) is 18.6. The van der Waals surface area contributed by atoms with Gasteiger partial charge in [0.1, 0.15) is 5.82 Å². The van der Waals surface area contributed by atoms with Crippen LogP contribution in [0.1, 0.15) is 32.5 Å². The van der Waals surface area contributed by atoms with Crippen LogP contribution in [0.4, 0.5) is 0 Å². The van der Waals surface area contributed by atoms with Crippen molar-refractivity contribution in [1.29, 1.82) is 0 Å². The van der Waals surface area contributed by atoms with Crippen molar-refractivity contribution in [3.05, 3.63) is 29.9 Å². The number of hydrogen-bond acceptors (Lipinski definition) is 2. The van der Waals surface area contributed by atoms with Crippen molar-refractivity contribution in [3.63, 3.8) is 0 Å². The van der Waals surface area contributed by atoms with Gasteiger partial charge in [0, 0.05) is 30.9 Å². The molecular weight excluding hydrogens is 202 g/mol. The van der Waals surface area contributed by atoms with E-state index in [2.05, 4.69) is 15.3 Å². The monoisotopic (exact) mass is 221 g/mol. The first-order valence-corrected chi connectivity index (χ1v) is 5.67. The lowest BCUT2D eigenvalue weighted by atomic mass is 10.2. The summed E-state index contributed by atoms with van der Waals surface area (Å²) in [6, 6.07) is 0. The molecular formula is C12H19N3O. The molecule has 0 saturated carbocycles. The highest BCUT2D eigenvalue weighted by molar-refractivity contribution is 5.92. The number of allylic oxidation sites excluding steroid dienone is 1. The molecule has 0 atom stereocenters. The van der Waals surface area contributed by atoms with Gasteiger partial charge in [-0.3, -0.25) is 4.79 Å². The average Bonchev–Trinajstić information content (AvgIpc) is 2.77. The summed E-state index contributed by atoms with van der Waals surface area (Å²) in [5.41, 5.74) is 0.792. The highest BCUT2D eigenvalue weighted by Crippen LogP contribution is 1.96. The van der Waals surface area contributed by atoms with Gasteiger partial charge >= 0.3 is 0 Å². The molecule has 0 fully saturated rings. The molecule has 0 bridgehead atoms. The van der Waals surface area contributed by atoms with Crippen molar-refractivity contribution in [2.45, 2.75) is 33.1 Å². The fraction of sp³-hybridized carbons (Fsp3) is 0.500. The van der Waals surface area contributed by atoms with E-state index in [1.165, 1.54) is 0 Å². The quantitative estimate of drug-likeness (QED) is 0.568. The van der Waals surface area contributed by atoms with E-state index in [0.717, 1.165) is 30.7 Å². The van der Waals surface area contributed by atoms with Gasteiger partial charge in [0.05, 0.1) is 0 Å². The second kappa shape index (κ2) is 6.82. The van der Waals surface area contributed by atoms with Gasteiger partial charge in [-0.25, -0.2) is 4.98 Å². The molecule has 0 radical (unpaired) electrons. The van der Waals surface area contributed by atoms with Gasteiger partial charge in [-0.1, -0.05) is 13.0 Å². The van der Waals surface area contributed by atoms with Gasteiger partial charge < -0.3 is 10.3 Å². The van der Waals surface area contributed by atoms with Crippen LogP contribution in [-0.4, -0.2) is 22.4 Å². The number of nitrogens with zero attached hydrogens (tertiary/aromatic N) is 1. The number of aromatic nitrogens is 2. The summed E-state index contributed by atoms with van der Waals surface area (Å²) in [5.74, 6) is 0.997. The van der Waals surface area contributed by atoms with Gasteiger partial charge in [-0.05, 0) is 19.8 Å². The summed E-state index contributed by atoms with van der Waals surface area (Å²) >= 11 is 0. The third kappa shape index (κ3) is 4.29. The number of amides is 1. The van der Waals surface area contributed by atoms with Gasteiger partial charge in [0.15, 0.2) is 0 Å². The highest BCUT2D eigenvalue weighted by atomic mass is 16.1. The van der Waals surface area contributed by atoms with Gasteiger partial charge in [-0.2, -0.15) is 0 Å². The smallest absolute Gasteiger partial charge is 0.246 e. The Hall–Kier alpha value is -1.58. The number of rotatable bonds is 6. The Kier molecular flexibility index (Phi) is 5.32. The second-order valence-electron chi connectivity index (χ2n) is 3.69. The molecule has 1 aromatic heterocycles. The third-order valence-corrected chi connectivity index (χ3v) is 2.30. The van der Waals surface area contributed by atoms with Crippen molar-refractivity contribution in [1.82, 2.24) is 15.3 Å². The lowest BCUT2D eigenvalue weighted by Gasteiger charge is -2.04. The van der Waals surface area contributed by atoms with E-state index >= 15 is 0 Å². The number of hydrogen-bond donors (Lipinski definition) is 2. The maximum atomic E-state index is 11.5. The van der Waals surface area contributed by atoms with Crippen molar-refractivity contribution in [2.75, 3.05) is 6.54 Å². The predicted molar refractivity (Wildman–Crippen MR) is 64.0 cm³/mol. The molecule has 0 aliphatic rings. The zero-order valence-corrected chi connectivity index (χ0v) is 9.92. The Morgan fingerprint density at radius 1 is 1.62 bits per heavy atom. The molecule has 1 rings (SSSR count). The van der Waals surface area contributed by atoms with Crippen LogP contribution in [0.3, 0.4) is 0 Å². The number of imidazole rings is 1. The SMILES string of the molecule is CC/C=C(/C)C(=O)NCCCc1ncc[nH]1. The first kappa shape index (κ1) is 12.5. The van der Waals surface area contributed by atoms with E-state index in [1.807, 2.05) is 26.1 Å². The van der Waals surface area contributed by atoms with Crippen molar-refractivity contribution in [3.8, 4) is 0 Å². The molecule has 16 heavy (non-hydrogen) atoms. The lowest BCUT2D eigenvalue weighted by Crippen LogP contribution is -2.25. The zero-order chi connectivity index (χ0) is 11.8. The minimum absolute atomic E-state index is 0.0290. The summed E-state index contributed by atoms with van der Waals surface area (Å²) in [5, 5.41) is 2.88. The Balaban J connectivity index is 2.16. The summed E-state index contributed by atoms with van der Waals surface area (Å²) < 4.78 is 0. The number of carbonyl (C=O) groups excluding carboxylic acids is 1. The first-order valence-electron chi connectivity index (χ1n) is 5.67. The molecule has 1 amide bonds. The van der Waals surface area contributed by atoms with Crippen LogP contribution in [0.15, 0.2) is 24.0 Å². The van der Waals surface area contributed by atoms with E-state index in [0.29, 0.717) is 6.54 Å². The second-order valence-corrected chi connectivity index (χ2v) is 3.69. The molecule has 4 nitrogen and oxygen atoms in total. The molecule has 0 aromatic carbocycles. The molecule has 0 aliphatic carbocycles. The summed E-state index contributed by atoms with van der Waals surface area (Å²) in [7, 11) is 0. The third-order valence-electron chi connectivity index (χ3n) is 2.30. The Bertz CT molecular complexity index is 341. The Labute approximate surface area is 96.2 Å². The molecule has 4 heteroatoms. The lowest BCUT2D eigenvalue weighted by molar-refractivity contribution is -0.117. The molecule has 0 unspecified atom stereocenters. The fourth-order valence-corrected chi connectivity index (χ4v) is 1.43.